The van der Waals surface area contributed by atoms with Crippen LogP contribution >= 0.6 is 0 Å². The molecule has 0 unspecified atom stereocenters. The van der Waals surface area contributed by atoms with E-state index in [4.69, 9.17) is 4.74 Å². The van der Waals surface area contributed by atoms with Crippen molar-refractivity contribution in [3.05, 3.63) is 29.8 Å². The van der Waals surface area contributed by atoms with Crippen molar-refractivity contribution in [2.75, 3.05) is 7.11 Å². The summed E-state index contributed by atoms with van der Waals surface area (Å²) < 4.78 is 5.13. The molecule has 5 heteroatoms. The lowest BCUT2D eigenvalue weighted by Crippen LogP contribution is -2.42. The number of hydrogen-bond acceptors (Lipinski definition) is 3. The van der Waals surface area contributed by atoms with Crippen molar-refractivity contribution in [1.82, 2.24) is 5.32 Å². The average molecular weight is 317 g/mol. The molecule has 2 N–H and O–H groups in total. The number of benzene rings is 1. The molecular formula is C18H23NO4. The van der Waals surface area contributed by atoms with Crippen LogP contribution in [0, 0.1) is 23.7 Å². The second-order valence-electron chi connectivity index (χ2n) is 6.73. The minimum atomic E-state index is -0.825. The highest BCUT2D eigenvalue weighted by Gasteiger charge is 2.54. The van der Waals surface area contributed by atoms with Crippen LogP contribution < -0.4 is 10.1 Å². The number of nitrogens with one attached hydrogen (secondary N) is 1. The van der Waals surface area contributed by atoms with Crippen molar-refractivity contribution < 1.29 is 19.4 Å². The maximum absolute atomic E-state index is 12.7. The van der Waals surface area contributed by atoms with Gasteiger partial charge in [-0.2, -0.15) is 0 Å². The predicted octanol–water partition coefficient (Wildman–Crippen LogP) is 2.62. The fourth-order valence-electron chi connectivity index (χ4n) is 4.31. The molecule has 1 amide bonds. The largest absolute Gasteiger partial charge is 0.497 e. The molecule has 23 heavy (non-hydrogen) atoms. The van der Waals surface area contributed by atoms with E-state index in [9.17, 15) is 14.7 Å². The molecule has 0 radical (unpaired) electrons. The van der Waals surface area contributed by atoms with Crippen molar-refractivity contribution in [2.45, 2.75) is 32.2 Å². The lowest BCUT2D eigenvalue weighted by molar-refractivity contribution is -0.149. The Morgan fingerprint density at radius 3 is 2.35 bits per heavy atom. The topological polar surface area (TPSA) is 75.6 Å². The first-order valence-corrected chi connectivity index (χ1v) is 8.18. The van der Waals surface area contributed by atoms with Gasteiger partial charge in [-0.1, -0.05) is 12.1 Å². The van der Waals surface area contributed by atoms with E-state index in [-0.39, 0.29) is 29.7 Å². The zero-order chi connectivity index (χ0) is 16.6. The monoisotopic (exact) mass is 317 g/mol. The van der Waals surface area contributed by atoms with E-state index in [1.165, 1.54) is 0 Å². The van der Waals surface area contributed by atoms with Gasteiger partial charge in [0.25, 0.3) is 0 Å². The van der Waals surface area contributed by atoms with E-state index >= 15 is 0 Å². The number of carboxylic acids is 1. The molecule has 2 saturated carbocycles. The highest BCUT2D eigenvalue weighted by molar-refractivity contribution is 5.86. The molecule has 5 atom stereocenters. The summed E-state index contributed by atoms with van der Waals surface area (Å²) in [5.41, 5.74) is 0.981. The third-order valence-corrected chi connectivity index (χ3v) is 5.48. The van der Waals surface area contributed by atoms with Gasteiger partial charge >= 0.3 is 5.97 Å². The highest BCUT2D eigenvalue weighted by Crippen LogP contribution is 2.52. The molecule has 3 rings (SSSR count). The minimum absolute atomic E-state index is 0.118. The number of methoxy groups -OCH3 is 1. The van der Waals surface area contributed by atoms with E-state index in [2.05, 4.69) is 5.32 Å². The Labute approximate surface area is 136 Å². The number of carbonyl (C=O) groups excluding carboxylic acids is 1. The van der Waals surface area contributed by atoms with Gasteiger partial charge in [-0.25, -0.2) is 0 Å². The minimum Gasteiger partial charge on any atom is -0.497 e. The molecule has 2 bridgehead atoms. The number of fused-ring (bicyclic) bond motifs is 2. The fourth-order valence-corrected chi connectivity index (χ4v) is 4.31. The first kappa shape index (κ1) is 15.8. The molecule has 2 aliphatic carbocycles. The first-order chi connectivity index (χ1) is 11.0. The molecule has 124 valence electrons. The summed E-state index contributed by atoms with van der Waals surface area (Å²) in [6.07, 6.45) is 2.80. The molecule has 0 aromatic heterocycles. The van der Waals surface area contributed by atoms with Crippen molar-refractivity contribution in [3.63, 3.8) is 0 Å². The van der Waals surface area contributed by atoms with Crippen molar-refractivity contribution >= 4 is 11.9 Å². The van der Waals surface area contributed by atoms with Crippen LogP contribution in [0.2, 0.25) is 0 Å². The van der Waals surface area contributed by atoms with Gasteiger partial charge in [-0.3, -0.25) is 9.59 Å². The van der Waals surface area contributed by atoms with E-state index < -0.39 is 11.9 Å². The van der Waals surface area contributed by atoms with Crippen LogP contribution in [0.25, 0.3) is 0 Å². The van der Waals surface area contributed by atoms with E-state index in [1.54, 1.807) is 7.11 Å². The normalized spacial score (nSPS) is 30.0. The van der Waals surface area contributed by atoms with Crippen LogP contribution in [0.3, 0.4) is 0 Å². The Bertz CT molecular complexity index is 598. The third-order valence-electron chi connectivity index (χ3n) is 5.48. The van der Waals surface area contributed by atoms with Crippen LogP contribution in [-0.4, -0.2) is 24.1 Å². The van der Waals surface area contributed by atoms with Gasteiger partial charge in [-0.05, 0) is 55.7 Å². The predicted molar refractivity (Wildman–Crippen MR) is 85.0 cm³/mol. The van der Waals surface area contributed by atoms with Gasteiger partial charge in [0.1, 0.15) is 5.75 Å². The molecular weight excluding hydrogens is 294 g/mol. The van der Waals surface area contributed by atoms with Gasteiger partial charge in [0.15, 0.2) is 0 Å². The number of carbonyl (C=O) groups is 2. The van der Waals surface area contributed by atoms with Crippen molar-refractivity contribution in [3.8, 4) is 5.75 Å². The Morgan fingerprint density at radius 1 is 1.17 bits per heavy atom. The molecule has 5 nitrogen and oxygen atoms in total. The Kier molecular flexibility index (Phi) is 4.28. The smallest absolute Gasteiger partial charge is 0.307 e. The standard InChI is InChI=1S/C18H23NO4/c1-10(11-5-7-14(23-2)8-6-11)19-17(20)15-12-3-4-13(9-12)16(15)18(21)22/h5-8,10,12-13,15-16H,3-4,9H2,1-2H3,(H,19,20)(H,21,22)/t10-,12-,13+,15+,16+/m1/s1. The molecule has 2 aliphatic rings. The summed E-state index contributed by atoms with van der Waals surface area (Å²) >= 11 is 0. The van der Waals surface area contributed by atoms with E-state index in [1.807, 2.05) is 31.2 Å². The summed E-state index contributed by atoms with van der Waals surface area (Å²) in [5, 5.41) is 12.5. The SMILES string of the molecule is COc1ccc([C@@H](C)NC(=O)[C@H]2[C@@H]3CC[C@@H](C3)[C@@H]2C(=O)O)cc1. The molecule has 0 saturated heterocycles. The third kappa shape index (κ3) is 2.92. The molecule has 1 aromatic rings. The van der Waals surface area contributed by atoms with Gasteiger partial charge < -0.3 is 15.2 Å². The van der Waals surface area contributed by atoms with Crippen molar-refractivity contribution in [1.29, 1.82) is 0 Å². The van der Waals surface area contributed by atoms with Crippen LogP contribution in [0.15, 0.2) is 24.3 Å². The van der Waals surface area contributed by atoms with Crippen LogP contribution in [-0.2, 0) is 9.59 Å². The number of rotatable bonds is 5. The van der Waals surface area contributed by atoms with Gasteiger partial charge in [0.05, 0.1) is 25.0 Å². The van der Waals surface area contributed by atoms with Crippen LogP contribution in [0.1, 0.15) is 37.8 Å². The van der Waals surface area contributed by atoms with E-state index in [0.29, 0.717) is 0 Å². The summed E-state index contributed by atoms with van der Waals surface area (Å²) in [7, 11) is 1.61. The Hall–Kier alpha value is -2.04. The summed E-state index contributed by atoms with van der Waals surface area (Å²) in [4.78, 5) is 24.2. The van der Waals surface area contributed by atoms with Gasteiger partial charge in [0, 0.05) is 0 Å². The lowest BCUT2D eigenvalue weighted by Gasteiger charge is -2.28. The Balaban J connectivity index is 1.69. The maximum atomic E-state index is 12.7. The van der Waals surface area contributed by atoms with Gasteiger partial charge in [-0.15, -0.1) is 0 Å². The lowest BCUT2D eigenvalue weighted by atomic mass is 9.78. The zero-order valence-corrected chi connectivity index (χ0v) is 13.5. The second-order valence-corrected chi connectivity index (χ2v) is 6.73. The van der Waals surface area contributed by atoms with Crippen LogP contribution in [0.4, 0.5) is 0 Å². The number of aliphatic carboxylic acids is 1. The van der Waals surface area contributed by atoms with Gasteiger partial charge in [0.2, 0.25) is 5.91 Å². The van der Waals surface area contributed by atoms with Crippen LogP contribution in [0.5, 0.6) is 5.75 Å². The van der Waals surface area contributed by atoms with Crippen molar-refractivity contribution in [2.24, 2.45) is 23.7 Å². The first-order valence-electron chi connectivity index (χ1n) is 8.18. The number of amides is 1. The molecule has 0 aliphatic heterocycles. The maximum Gasteiger partial charge on any atom is 0.307 e. The zero-order valence-electron chi connectivity index (χ0n) is 13.5. The Morgan fingerprint density at radius 2 is 1.78 bits per heavy atom. The molecule has 2 fully saturated rings. The summed E-state index contributed by atoms with van der Waals surface area (Å²) in [6, 6.07) is 7.39. The average Bonchev–Trinajstić information content (AvgIpc) is 3.15. The van der Waals surface area contributed by atoms with E-state index in [0.717, 1.165) is 30.6 Å². The fraction of sp³-hybridized carbons (Fsp3) is 0.556. The summed E-state index contributed by atoms with van der Waals surface area (Å²) in [5.74, 6) is -0.675. The second kappa shape index (κ2) is 6.22. The number of ether oxygens (including phenoxy) is 1. The molecule has 1 aromatic carbocycles. The highest BCUT2D eigenvalue weighted by atomic mass is 16.5. The number of hydrogen-bond donors (Lipinski definition) is 2. The summed E-state index contributed by atoms with van der Waals surface area (Å²) in [6.45, 7) is 1.92. The number of carboxylic acid groups (broad SMARTS) is 1. The molecule has 0 heterocycles. The quantitative estimate of drug-likeness (QED) is 0.875. The molecule has 0 spiro atoms.